The molecule has 5 atom stereocenters. The van der Waals surface area contributed by atoms with Crippen molar-refractivity contribution in [2.75, 3.05) is 107 Å². The Bertz CT molecular complexity index is 8480. The van der Waals surface area contributed by atoms with Gasteiger partial charge in [-0.1, -0.05) is 80.8 Å². The Labute approximate surface area is 883 Å². The van der Waals surface area contributed by atoms with Crippen LogP contribution in [0.1, 0.15) is 246 Å². The molecule has 12 heterocycles. The van der Waals surface area contributed by atoms with Crippen LogP contribution < -0.4 is 60.1 Å². The zero-order valence-corrected chi connectivity index (χ0v) is 84.7. The number of sulfonamides is 4. The summed E-state index contributed by atoms with van der Waals surface area (Å²) in [6.07, 6.45) is 6.42. The van der Waals surface area contributed by atoms with E-state index >= 15 is 0 Å². The van der Waals surface area contributed by atoms with E-state index in [1.54, 1.807) is 0 Å². The number of aromatic amines is 4. The van der Waals surface area contributed by atoms with Crippen LogP contribution in [0, 0.1) is 0 Å². The Morgan fingerprint density at radius 3 is 0.924 bits per heavy atom. The molecular weight excluding hydrogens is 1920 g/mol. The monoisotopic (exact) mass is 2090 g/mol. The van der Waals surface area contributed by atoms with Crippen LogP contribution in [0.25, 0.3) is 89.7 Å². The molecule has 0 amide bonds. The van der Waals surface area contributed by atoms with E-state index in [1.165, 1.54) is 72.8 Å². The first-order valence-corrected chi connectivity index (χ1v) is 53.7. The second-order valence-corrected chi connectivity index (χ2v) is 42.1. The van der Waals surface area contributed by atoms with Crippen molar-refractivity contribution in [3.63, 3.8) is 0 Å². The zero-order valence-electron chi connectivity index (χ0n) is 110. The highest BCUT2D eigenvalue weighted by Gasteiger charge is 2.32. The van der Waals surface area contributed by atoms with Crippen molar-refractivity contribution in [2.45, 2.75) is 253 Å². The zero-order chi connectivity index (χ0) is 128. The number of nitrogens with zero attached hydrogens (tertiary/aromatic N) is 16. The summed E-state index contributed by atoms with van der Waals surface area (Å²) < 4.78 is 368. The van der Waals surface area contributed by atoms with E-state index in [0.717, 1.165) is 77.5 Å². The lowest BCUT2D eigenvalue weighted by molar-refractivity contribution is 0.297. The van der Waals surface area contributed by atoms with Crippen molar-refractivity contribution in [3.05, 3.63) is 137 Å². The second kappa shape index (κ2) is 49.9. The number of hydrogen-bond donors (Lipinski definition) is 8. The van der Waals surface area contributed by atoms with Crippen LogP contribution >= 0.6 is 0 Å². The number of rotatable bonds is 44. The normalized spacial score (nSPS) is 20.8. The first kappa shape index (κ1) is 76.5. The quantitative estimate of drug-likeness (QED) is 0.0176. The molecular formula is C100H144N24O16S4. The van der Waals surface area contributed by atoms with Crippen molar-refractivity contribution in [2.24, 2.45) is 27.9 Å². The molecule has 4 saturated heterocycles. The summed E-state index contributed by atoms with van der Waals surface area (Å²) in [5.74, 6) is 0.214. The Balaban J connectivity index is 0.000000188. The van der Waals surface area contributed by atoms with Gasteiger partial charge in [0.2, 0.25) is 40.1 Å². The molecule has 0 aliphatic carbocycles. The second-order valence-electron chi connectivity index (χ2n) is 35.2. The molecule has 4 aromatic carbocycles. The number of benzene rings is 4. The minimum Gasteiger partial charge on any atom is -0.493 e. The first-order valence-electron chi connectivity index (χ1n) is 62.3. The summed E-state index contributed by atoms with van der Waals surface area (Å²) in [6.45, 7) is -12.0. The molecule has 0 radical (unpaired) electrons. The standard InChI is InChI=1S/4C25H36N6O4S/c4*1-5-8-20-22-23(31(4)29-20)25(32)28-24(27-22)19-16-18(10-11-21(19)35-15-6-2)36(33,34)26-13-12-17-9-7-14-30(17)3/h4*10-11,16-17,26H,5-9,12-15H2,1-4H3,(H,27,28,32)/i1D3,4D3,13D2;1D3,4D3,13D;1D3,4D3,8D2;1D3,4D3. The fraction of sp³-hybridized carbons (Fsp3) is 0.560. The van der Waals surface area contributed by atoms with E-state index in [4.69, 9.17) is 58.7 Å². The average Bonchev–Trinajstić information content (AvgIpc) is 1.58. The van der Waals surface area contributed by atoms with Crippen molar-refractivity contribution in [1.29, 1.82) is 0 Å². The Hall–Kier alpha value is -11.0. The molecule has 8 aromatic heterocycles. The molecule has 0 spiro atoms. The van der Waals surface area contributed by atoms with E-state index in [-0.39, 0.29) is 234 Å². The van der Waals surface area contributed by atoms with Gasteiger partial charge in [-0.15, -0.1) is 0 Å². The average molecular weight is 2100 g/mol. The maximum Gasteiger partial charge on any atom is 0.277 e. The Morgan fingerprint density at radius 2 is 0.639 bits per heavy atom. The van der Waals surface area contributed by atoms with Gasteiger partial charge < -0.3 is 58.5 Å². The van der Waals surface area contributed by atoms with E-state index in [9.17, 15) is 52.8 Å². The van der Waals surface area contributed by atoms with Crippen LogP contribution in [0.4, 0.5) is 0 Å². The number of likely N-dealkylation sites (tertiary alicyclic amines) is 4. The lowest BCUT2D eigenvalue weighted by Gasteiger charge is -2.19. The van der Waals surface area contributed by atoms with E-state index in [2.05, 4.69) is 93.9 Å². The van der Waals surface area contributed by atoms with Crippen molar-refractivity contribution < 1.29 is 92.4 Å². The summed E-state index contributed by atoms with van der Waals surface area (Å²) >= 11 is 0. The van der Waals surface area contributed by atoms with Gasteiger partial charge in [-0.3, -0.25) is 37.9 Å². The first-order chi connectivity index (χ1) is 80.2. The van der Waals surface area contributed by atoms with Crippen molar-refractivity contribution in [3.8, 4) is 68.5 Å². The molecule has 144 heavy (non-hydrogen) atoms. The molecule has 4 aliphatic rings. The molecule has 4 aliphatic heterocycles. The van der Waals surface area contributed by atoms with Crippen LogP contribution in [0.3, 0.4) is 0 Å². The topological polar surface area (TPSA) is 489 Å². The van der Waals surface area contributed by atoms with Gasteiger partial charge in [-0.2, -0.15) is 20.4 Å². The number of H-pyrrole nitrogens is 4. The summed E-state index contributed by atoms with van der Waals surface area (Å²) in [4.78, 5) is 88.7. The minimum atomic E-state index is -4.42. The Morgan fingerprint density at radius 1 is 0.361 bits per heavy atom. The van der Waals surface area contributed by atoms with Gasteiger partial charge in [0, 0.05) is 118 Å². The van der Waals surface area contributed by atoms with Gasteiger partial charge in [-0.25, -0.2) is 72.5 Å². The number of fused-ring (bicyclic) bond motifs is 4. The molecule has 16 rings (SSSR count). The molecule has 0 saturated carbocycles. The molecule has 5 unspecified atom stereocenters. The molecule has 12 aromatic rings. The largest absolute Gasteiger partial charge is 0.493 e. The predicted octanol–water partition coefficient (Wildman–Crippen LogP) is 11.3. The molecule has 40 nitrogen and oxygen atoms in total. The van der Waals surface area contributed by atoms with Crippen LogP contribution in [0.5, 0.6) is 23.0 Å². The van der Waals surface area contributed by atoms with E-state index < -0.39 is 160 Å². The summed E-state index contributed by atoms with van der Waals surface area (Å²) in [5, 5.41) is 15.9. The van der Waals surface area contributed by atoms with Crippen molar-refractivity contribution in [1.82, 2.24) is 117 Å². The minimum absolute atomic E-state index is 0.00463. The van der Waals surface area contributed by atoms with Crippen LogP contribution in [-0.2, 0) is 93.6 Å². The van der Waals surface area contributed by atoms with Crippen molar-refractivity contribution >= 4 is 84.2 Å². The van der Waals surface area contributed by atoms with Gasteiger partial charge in [0.05, 0.1) is 91.0 Å². The number of nitrogens with one attached hydrogen (secondary N) is 8. The fourth-order valence-corrected chi connectivity index (χ4v) is 21.4. The predicted molar refractivity (Wildman–Crippen MR) is 559 cm³/mol. The third-order valence-corrected chi connectivity index (χ3v) is 30.5. The highest BCUT2D eigenvalue weighted by molar-refractivity contribution is 7.90. The number of aryl methyl sites for hydroxylation is 8. The van der Waals surface area contributed by atoms with Gasteiger partial charge >= 0.3 is 0 Å². The third-order valence-electron chi connectivity index (χ3n) is 25.0. The van der Waals surface area contributed by atoms with Crippen LogP contribution in [0.15, 0.2) is 112 Å². The van der Waals surface area contributed by atoms with E-state index in [1.807, 2.05) is 60.8 Å². The lowest BCUT2D eigenvalue weighted by atomic mass is 10.1. The molecule has 784 valence electrons. The maximum atomic E-state index is 13.4. The Kier molecular flexibility index (Phi) is 26.5. The van der Waals surface area contributed by atoms with Gasteiger partial charge in [0.1, 0.15) is 68.4 Å². The molecule has 4 fully saturated rings. The van der Waals surface area contributed by atoms with E-state index in [0.29, 0.717) is 76.3 Å². The SMILES string of the molecule is [2H]C(CC1CCCN1C)NS(=O)(=O)c1ccc(OCCC)c(-c2nc3c(CCC([2H])([2H])[2H])nn(C([2H])([2H])[2H])c3c(=O)[nH]2)c1.[2H]C([2H])([2H])CC([2H])([2H])c1nn(C([2H])([2H])[2H])c2c(=O)[nH]c(-c3cc(S(=O)(=O)NCCC4CCCN4C)ccc3OCCC)nc12.[2H]C([2H])([2H])CCc1nn(C([2H])([2H])[2H])c2c(=O)[nH]c(-c3cc(S(=O)(=O)NC([2H])([2H])CC4CCCN4C)ccc3OCCC)nc12.[2H]C([2H])([2H])CCc1nn(C([2H])([2H])[2H])c2c(=O)[nH]c(-c3cc(S(=O)(=O)NCCC4CCCN4C)ccc3OCCC)nc12. The van der Waals surface area contributed by atoms with Gasteiger partial charge in [-0.05, 0) is 256 Å². The molecule has 8 N–H and O–H groups in total. The lowest BCUT2D eigenvalue weighted by Crippen LogP contribution is -2.31. The van der Waals surface area contributed by atoms with Gasteiger partial charge in [0.25, 0.3) is 22.2 Å². The summed E-state index contributed by atoms with van der Waals surface area (Å²) in [5.41, 5.74) is -6.33. The van der Waals surface area contributed by atoms with Crippen LogP contribution in [0.2, 0.25) is 0 Å². The van der Waals surface area contributed by atoms with Crippen LogP contribution in [-0.4, -0.2) is 263 Å². The number of ether oxygens (including phenoxy) is 4. The highest BCUT2D eigenvalue weighted by Crippen LogP contribution is 2.38. The highest BCUT2D eigenvalue weighted by atomic mass is 32.2. The molecule has 0 bridgehead atoms. The fourth-order valence-electron chi connectivity index (χ4n) is 17.4. The van der Waals surface area contributed by atoms with Gasteiger partial charge in [0.15, 0.2) is 22.1 Å². The third kappa shape index (κ3) is 26.5. The number of aromatic nitrogens is 16. The molecule has 44 heteroatoms. The smallest absolute Gasteiger partial charge is 0.277 e. The summed E-state index contributed by atoms with van der Waals surface area (Å²) in [6, 6.07) is 16.6. The summed E-state index contributed by atoms with van der Waals surface area (Å²) in [7, 11) is -8.71. The number of hydrogen-bond acceptors (Lipinski definition) is 28. The maximum absolute atomic E-state index is 13.4.